The molecule has 0 amide bonds. The second-order valence-electron chi connectivity index (χ2n) is 8.61. The first-order chi connectivity index (χ1) is 17.1. The first kappa shape index (κ1) is 29.9. The van der Waals surface area contributed by atoms with Crippen molar-refractivity contribution in [3.8, 4) is 0 Å². The largest absolute Gasteiger partial charge is 0.394 e. The van der Waals surface area contributed by atoms with Crippen LogP contribution in [-0.2, 0) is 28.4 Å². The van der Waals surface area contributed by atoms with Gasteiger partial charge in [-0.25, -0.2) is 0 Å². The molecule has 212 valence electrons. The topological polar surface area (TPSA) is 278 Å². The van der Waals surface area contributed by atoms with E-state index in [1.165, 1.54) is 0 Å². The maximum atomic E-state index is 10.8. The van der Waals surface area contributed by atoms with Gasteiger partial charge in [0.1, 0.15) is 80.0 Å². The number of ether oxygens (including phenoxy) is 6. The van der Waals surface area contributed by atoms with E-state index in [1.54, 1.807) is 0 Å². The van der Waals surface area contributed by atoms with Crippen LogP contribution >= 0.6 is 0 Å². The molecule has 0 aromatic carbocycles. The summed E-state index contributed by atoms with van der Waals surface area (Å²) in [4.78, 5) is 0. The van der Waals surface area contributed by atoms with Gasteiger partial charge in [-0.05, 0) is 0 Å². The number of hydrogen-bond donors (Lipinski definition) is 11. The van der Waals surface area contributed by atoms with Gasteiger partial charge in [-0.3, -0.25) is 0 Å². The smallest absolute Gasteiger partial charge is 0.189 e. The zero-order valence-corrected chi connectivity index (χ0v) is 18.9. The summed E-state index contributed by atoms with van der Waals surface area (Å²) >= 11 is 0. The predicted octanol–water partition coefficient (Wildman–Crippen LogP) is -7.60. The first-order valence-corrected chi connectivity index (χ1v) is 11.2. The molecular weight excluding hydrogens is 500 g/mol. The lowest BCUT2D eigenvalue weighted by atomic mass is 9.96. The Morgan fingerprint density at radius 1 is 0.444 bits per heavy atom. The summed E-state index contributed by atoms with van der Waals surface area (Å²) in [5.74, 6) is 0. The third kappa shape index (κ3) is 5.98. The summed E-state index contributed by atoms with van der Waals surface area (Å²) in [7, 11) is 0. The Balaban J connectivity index is 1.89. The summed E-state index contributed by atoms with van der Waals surface area (Å²) < 4.78 is 32.3. The van der Waals surface area contributed by atoms with Crippen LogP contribution < -0.4 is 0 Å². The Labute approximate surface area is 204 Å². The third-order valence-electron chi connectivity index (χ3n) is 6.32. The van der Waals surface area contributed by atoms with Crippen LogP contribution in [0.25, 0.3) is 0 Å². The minimum absolute atomic E-state index is 0.775. The van der Waals surface area contributed by atoms with Crippen molar-refractivity contribution in [2.24, 2.45) is 0 Å². The highest BCUT2D eigenvalue weighted by Crippen LogP contribution is 2.33. The summed E-state index contributed by atoms with van der Waals surface area (Å²) in [5.41, 5.74) is 0. The molecule has 0 aliphatic carbocycles. The summed E-state index contributed by atoms with van der Waals surface area (Å²) in [5, 5.41) is 109. The van der Waals surface area contributed by atoms with Crippen LogP contribution in [0, 0.1) is 0 Å². The van der Waals surface area contributed by atoms with Gasteiger partial charge in [0.25, 0.3) is 0 Å². The zero-order valence-electron chi connectivity index (χ0n) is 18.9. The van der Waals surface area contributed by atoms with Gasteiger partial charge >= 0.3 is 0 Å². The third-order valence-corrected chi connectivity index (χ3v) is 6.32. The van der Waals surface area contributed by atoms with Gasteiger partial charge in [0.15, 0.2) is 18.9 Å². The van der Waals surface area contributed by atoms with Crippen molar-refractivity contribution < 1.29 is 84.6 Å². The van der Waals surface area contributed by atoms with Gasteiger partial charge in [-0.2, -0.15) is 0 Å². The quantitative estimate of drug-likeness (QED) is 0.122. The van der Waals surface area contributed by atoms with E-state index >= 15 is 0 Å². The number of hydrogen-bond acceptors (Lipinski definition) is 17. The van der Waals surface area contributed by atoms with Gasteiger partial charge in [-0.15, -0.1) is 0 Å². The highest BCUT2D eigenvalue weighted by atomic mass is 16.8. The van der Waals surface area contributed by atoms with E-state index in [0.29, 0.717) is 0 Å². The van der Waals surface area contributed by atoms with Gasteiger partial charge < -0.3 is 84.6 Å². The molecule has 0 unspecified atom stereocenters. The lowest BCUT2D eigenvalue weighted by Gasteiger charge is -2.48. The molecule has 0 radical (unpaired) electrons. The van der Waals surface area contributed by atoms with Gasteiger partial charge in [-0.1, -0.05) is 0 Å². The molecule has 3 aliphatic rings. The van der Waals surface area contributed by atoms with E-state index in [1.807, 2.05) is 0 Å². The van der Waals surface area contributed by atoms with Crippen LogP contribution in [0.3, 0.4) is 0 Å². The molecule has 3 heterocycles. The molecule has 0 spiro atoms. The summed E-state index contributed by atoms with van der Waals surface area (Å²) in [6.45, 7) is -3.29. The highest BCUT2D eigenvalue weighted by Gasteiger charge is 2.54. The van der Waals surface area contributed by atoms with Crippen LogP contribution in [0.15, 0.2) is 0 Å². The van der Waals surface area contributed by atoms with Gasteiger partial charge in [0.05, 0.1) is 19.8 Å². The van der Waals surface area contributed by atoms with Gasteiger partial charge in [0, 0.05) is 0 Å². The molecule has 15 atom stereocenters. The fourth-order valence-electron chi connectivity index (χ4n) is 4.22. The Morgan fingerprint density at radius 3 is 1.25 bits per heavy atom. The van der Waals surface area contributed by atoms with Crippen molar-refractivity contribution in [1.82, 2.24) is 0 Å². The van der Waals surface area contributed by atoms with Gasteiger partial charge in [0.2, 0.25) is 0 Å². The number of rotatable bonds is 9. The summed E-state index contributed by atoms with van der Waals surface area (Å²) in [6, 6.07) is 0. The van der Waals surface area contributed by atoms with Crippen molar-refractivity contribution >= 4 is 0 Å². The average molecular weight is 534 g/mol. The minimum atomic E-state index is -1.89. The molecule has 0 bridgehead atoms. The lowest BCUT2D eigenvalue weighted by molar-refractivity contribution is -0.395. The Hall–Kier alpha value is -0.680. The maximum Gasteiger partial charge on any atom is 0.189 e. The molecule has 3 fully saturated rings. The number of aliphatic hydroxyl groups is 11. The number of aliphatic hydroxyl groups excluding tert-OH is 11. The maximum absolute atomic E-state index is 10.8. The second-order valence-corrected chi connectivity index (χ2v) is 8.61. The predicted molar refractivity (Wildman–Crippen MR) is 107 cm³/mol. The van der Waals surface area contributed by atoms with E-state index in [0.717, 1.165) is 0 Å². The van der Waals surface area contributed by atoms with E-state index in [9.17, 15) is 56.2 Å². The minimum Gasteiger partial charge on any atom is -0.394 e. The Bertz CT molecular complexity index is 630. The molecule has 36 heavy (non-hydrogen) atoms. The lowest BCUT2D eigenvalue weighted by Crippen LogP contribution is -2.67. The Kier molecular flexibility index (Phi) is 10.7. The van der Waals surface area contributed by atoms with Crippen molar-refractivity contribution in [3.63, 3.8) is 0 Å². The van der Waals surface area contributed by atoms with Crippen LogP contribution in [0.4, 0.5) is 0 Å². The SMILES string of the molecule is OCO[C@H]1O[C@@H](CO)[C@@H](O)[C@@H](O[C@H]2O[C@@H](CO)[C@@H](O)[C@@H](O)[C@@H]2O)[C@@H]1O[C@@H]1O[C@H](CO)[C@H](O)[C@H](O)[C@H]1O. The van der Waals surface area contributed by atoms with Crippen molar-refractivity contribution in [2.75, 3.05) is 26.6 Å². The molecule has 3 aliphatic heterocycles. The van der Waals surface area contributed by atoms with Crippen LogP contribution in [0.1, 0.15) is 0 Å². The van der Waals surface area contributed by atoms with Crippen LogP contribution in [0.2, 0.25) is 0 Å². The molecule has 0 aromatic rings. The molecule has 17 heteroatoms. The molecule has 0 saturated carbocycles. The summed E-state index contributed by atoms with van der Waals surface area (Å²) in [6.07, 6.45) is -25.3. The fraction of sp³-hybridized carbons (Fsp3) is 1.00. The molecule has 3 saturated heterocycles. The monoisotopic (exact) mass is 534 g/mol. The first-order valence-electron chi connectivity index (χ1n) is 11.2. The fourth-order valence-corrected chi connectivity index (χ4v) is 4.22. The molecular formula is C19H34O17. The molecule has 0 aromatic heterocycles. The molecule has 11 N–H and O–H groups in total. The highest BCUT2D eigenvalue weighted by molar-refractivity contribution is 4.96. The zero-order chi connectivity index (χ0) is 26.7. The van der Waals surface area contributed by atoms with Crippen molar-refractivity contribution in [2.45, 2.75) is 92.1 Å². The normalized spacial score (nSPS) is 50.2. The average Bonchev–Trinajstić information content (AvgIpc) is 2.87. The van der Waals surface area contributed by atoms with E-state index in [2.05, 4.69) is 0 Å². The Morgan fingerprint density at radius 2 is 0.833 bits per heavy atom. The van der Waals surface area contributed by atoms with Crippen LogP contribution in [-0.4, -0.2) is 175 Å². The van der Waals surface area contributed by atoms with E-state index < -0.39 is 119 Å². The standard InChI is InChI=1S/C19H34O17/c20-1-5-8(24)11(27)13(29)17(32-5)35-15-10(26)7(3-22)34-19(31-4-23)16(15)36-18-14(30)12(28)9(25)6(2-21)33-18/h5-30H,1-4H2/t5-,6+,7-,8+,9-,10+,11+,12-,13-,14+,15+,16-,17+,18-,19-/m0/s1. The second kappa shape index (κ2) is 12.9. The van der Waals surface area contributed by atoms with Crippen LogP contribution in [0.5, 0.6) is 0 Å². The van der Waals surface area contributed by atoms with E-state index in [4.69, 9.17) is 28.4 Å². The molecule has 17 nitrogen and oxygen atoms in total. The molecule has 3 rings (SSSR count). The van der Waals surface area contributed by atoms with Crippen molar-refractivity contribution in [1.29, 1.82) is 0 Å². The van der Waals surface area contributed by atoms with Crippen molar-refractivity contribution in [3.05, 3.63) is 0 Å². The van der Waals surface area contributed by atoms with E-state index in [-0.39, 0.29) is 0 Å².